The molecule has 1 aromatic carbocycles. The fraction of sp³-hybridized carbons (Fsp3) is 0.462. The molecule has 0 aliphatic carbocycles. The molecule has 0 bridgehead atoms. The van der Waals surface area contributed by atoms with Gasteiger partial charge in [-0.15, -0.1) is 0 Å². The molecule has 2 amide bonds. The van der Waals surface area contributed by atoms with Crippen molar-refractivity contribution in [1.82, 2.24) is 15.5 Å². The Bertz CT molecular complexity index is 419. The fourth-order valence-electron chi connectivity index (χ4n) is 2.01. The first-order valence-corrected chi connectivity index (χ1v) is 6.51. The summed E-state index contributed by atoms with van der Waals surface area (Å²) >= 11 is 0. The molecule has 104 valence electrons. The van der Waals surface area contributed by atoms with Gasteiger partial charge in [0.25, 0.3) is 0 Å². The predicted octanol–water partition coefficient (Wildman–Crippen LogP) is 0.419. The highest BCUT2D eigenvalue weighted by molar-refractivity contribution is 5.90. The number of urea groups is 1. The highest BCUT2D eigenvalue weighted by Crippen LogP contribution is 2.20. The number of hydrogen-bond acceptors (Lipinski definition) is 4. The van der Waals surface area contributed by atoms with Crippen molar-refractivity contribution in [3.05, 3.63) is 24.3 Å². The van der Waals surface area contributed by atoms with E-state index in [2.05, 4.69) is 20.9 Å². The molecule has 1 saturated heterocycles. The third-order valence-corrected chi connectivity index (χ3v) is 3.08. The number of hydrogen-bond donors (Lipinski definition) is 4. The summed E-state index contributed by atoms with van der Waals surface area (Å²) in [6.07, 6.45) is 0. The molecular weight excluding hydrogens is 244 g/mol. The Hall–Kier alpha value is -1.79. The number of nitrogens with zero attached hydrogens (tertiary/aromatic N) is 1. The van der Waals surface area contributed by atoms with Gasteiger partial charge in [-0.25, -0.2) is 4.79 Å². The molecule has 19 heavy (non-hydrogen) atoms. The molecule has 0 radical (unpaired) electrons. The second kappa shape index (κ2) is 6.96. The summed E-state index contributed by atoms with van der Waals surface area (Å²) in [4.78, 5) is 13.9. The highest BCUT2D eigenvalue weighted by Gasteiger charge is 2.09. The Morgan fingerprint density at radius 2 is 2.05 bits per heavy atom. The average molecular weight is 264 g/mol. The van der Waals surface area contributed by atoms with Crippen LogP contribution < -0.4 is 16.0 Å². The van der Waals surface area contributed by atoms with E-state index in [1.165, 1.54) is 6.07 Å². The van der Waals surface area contributed by atoms with E-state index >= 15 is 0 Å². The molecule has 1 aliphatic rings. The van der Waals surface area contributed by atoms with E-state index in [-0.39, 0.29) is 11.8 Å². The summed E-state index contributed by atoms with van der Waals surface area (Å²) in [6.45, 7) is 5.48. The Kier molecular flexibility index (Phi) is 5.00. The van der Waals surface area contributed by atoms with Crippen molar-refractivity contribution in [3.63, 3.8) is 0 Å². The lowest BCUT2D eigenvalue weighted by atomic mass is 10.3. The molecule has 0 spiro atoms. The summed E-state index contributed by atoms with van der Waals surface area (Å²) in [5.41, 5.74) is 0.419. The number of piperazine rings is 1. The molecule has 1 aromatic rings. The van der Waals surface area contributed by atoms with Crippen molar-refractivity contribution in [3.8, 4) is 5.75 Å². The average Bonchev–Trinajstić information content (AvgIpc) is 2.43. The van der Waals surface area contributed by atoms with Crippen LogP contribution in [0.1, 0.15) is 0 Å². The molecule has 4 N–H and O–H groups in total. The molecule has 2 rings (SSSR count). The number of amides is 2. The van der Waals surface area contributed by atoms with Gasteiger partial charge in [-0.05, 0) is 12.1 Å². The second-order valence-electron chi connectivity index (χ2n) is 4.49. The number of phenols is 1. The van der Waals surface area contributed by atoms with Crippen LogP contribution >= 0.6 is 0 Å². The first-order valence-electron chi connectivity index (χ1n) is 6.51. The summed E-state index contributed by atoms with van der Waals surface area (Å²) in [5.74, 6) is 0.0692. The van der Waals surface area contributed by atoms with Crippen molar-refractivity contribution in [2.75, 3.05) is 44.6 Å². The third kappa shape index (κ3) is 4.42. The van der Waals surface area contributed by atoms with E-state index in [0.29, 0.717) is 12.2 Å². The van der Waals surface area contributed by atoms with Gasteiger partial charge in [0.05, 0.1) is 5.69 Å². The minimum Gasteiger partial charge on any atom is -0.506 e. The van der Waals surface area contributed by atoms with Crippen LogP contribution in [0.25, 0.3) is 0 Å². The van der Waals surface area contributed by atoms with E-state index in [0.717, 1.165) is 32.7 Å². The van der Waals surface area contributed by atoms with Crippen LogP contribution in [0, 0.1) is 0 Å². The number of anilines is 1. The number of carbonyl (C=O) groups excluding carboxylic acids is 1. The highest BCUT2D eigenvalue weighted by atomic mass is 16.3. The predicted molar refractivity (Wildman–Crippen MR) is 74.4 cm³/mol. The number of benzene rings is 1. The summed E-state index contributed by atoms with van der Waals surface area (Å²) in [6, 6.07) is 6.37. The smallest absolute Gasteiger partial charge is 0.319 e. The normalized spacial score (nSPS) is 16.0. The molecular formula is C13H20N4O2. The van der Waals surface area contributed by atoms with Crippen molar-refractivity contribution >= 4 is 11.7 Å². The third-order valence-electron chi connectivity index (χ3n) is 3.08. The first-order chi connectivity index (χ1) is 9.25. The molecule has 6 heteroatoms. The van der Waals surface area contributed by atoms with Crippen LogP contribution in [0.5, 0.6) is 5.75 Å². The fourth-order valence-corrected chi connectivity index (χ4v) is 2.01. The number of carbonyl (C=O) groups is 1. The summed E-state index contributed by atoms with van der Waals surface area (Å²) in [7, 11) is 0. The number of rotatable bonds is 4. The Morgan fingerprint density at radius 3 is 2.79 bits per heavy atom. The van der Waals surface area contributed by atoms with Crippen molar-refractivity contribution in [2.45, 2.75) is 0 Å². The molecule has 6 nitrogen and oxygen atoms in total. The van der Waals surface area contributed by atoms with E-state index < -0.39 is 0 Å². The standard InChI is InChI=1S/C13H20N4O2/c18-12-4-2-1-3-11(12)16-13(19)15-7-10-17-8-5-14-6-9-17/h1-4,14,18H,5-10H2,(H2,15,16,19). The molecule has 1 fully saturated rings. The van der Waals surface area contributed by atoms with Gasteiger partial charge in [-0.2, -0.15) is 0 Å². The number of phenolic OH excluding ortho intramolecular Hbond substituents is 1. The number of aromatic hydroxyl groups is 1. The topological polar surface area (TPSA) is 76.6 Å². The van der Waals surface area contributed by atoms with E-state index in [1.807, 2.05) is 0 Å². The minimum atomic E-state index is -0.295. The Labute approximate surface area is 112 Å². The maximum Gasteiger partial charge on any atom is 0.319 e. The van der Waals surface area contributed by atoms with Crippen molar-refractivity contribution in [1.29, 1.82) is 0 Å². The number of nitrogens with one attached hydrogen (secondary N) is 3. The maximum atomic E-state index is 11.6. The molecule has 1 aliphatic heterocycles. The van der Waals surface area contributed by atoms with Crippen LogP contribution in [-0.4, -0.2) is 55.3 Å². The van der Waals surface area contributed by atoms with Crippen molar-refractivity contribution < 1.29 is 9.90 Å². The van der Waals surface area contributed by atoms with Crippen LogP contribution in [-0.2, 0) is 0 Å². The zero-order valence-corrected chi connectivity index (χ0v) is 10.9. The lowest BCUT2D eigenvalue weighted by Gasteiger charge is -2.27. The summed E-state index contributed by atoms with van der Waals surface area (Å²) < 4.78 is 0. The van der Waals surface area contributed by atoms with Gasteiger partial charge in [-0.3, -0.25) is 4.90 Å². The van der Waals surface area contributed by atoms with Crippen LogP contribution in [0.4, 0.5) is 10.5 Å². The van der Waals surface area contributed by atoms with Gasteiger partial charge in [0, 0.05) is 39.3 Å². The van der Waals surface area contributed by atoms with E-state index in [4.69, 9.17) is 0 Å². The maximum absolute atomic E-state index is 11.6. The van der Waals surface area contributed by atoms with Gasteiger partial charge in [-0.1, -0.05) is 12.1 Å². The Balaban J connectivity index is 1.68. The molecule has 0 unspecified atom stereocenters. The largest absolute Gasteiger partial charge is 0.506 e. The number of para-hydroxylation sites is 2. The lowest BCUT2D eigenvalue weighted by Crippen LogP contribution is -2.46. The first kappa shape index (κ1) is 13.6. The monoisotopic (exact) mass is 264 g/mol. The molecule has 0 aromatic heterocycles. The van der Waals surface area contributed by atoms with Gasteiger partial charge < -0.3 is 21.1 Å². The van der Waals surface area contributed by atoms with Gasteiger partial charge >= 0.3 is 6.03 Å². The van der Waals surface area contributed by atoms with E-state index in [1.54, 1.807) is 18.2 Å². The van der Waals surface area contributed by atoms with Crippen molar-refractivity contribution in [2.24, 2.45) is 0 Å². The van der Waals surface area contributed by atoms with Gasteiger partial charge in [0.1, 0.15) is 5.75 Å². The van der Waals surface area contributed by atoms with Crippen LogP contribution in [0.15, 0.2) is 24.3 Å². The van der Waals surface area contributed by atoms with Crippen LogP contribution in [0.3, 0.4) is 0 Å². The minimum absolute atomic E-state index is 0.0692. The Morgan fingerprint density at radius 1 is 1.32 bits per heavy atom. The van der Waals surface area contributed by atoms with Gasteiger partial charge in [0.15, 0.2) is 0 Å². The lowest BCUT2D eigenvalue weighted by molar-refractivity contribution is 0.233. The SMILES string of the molecule is O=C(NCCN1CCNCC1)Nc1ccccc1O. The zero-order chi connectivity index (χ0) is 13.5. The quantitative estimate of drug-likeness (QED) is 0.594. The van der Waals surface area contributed by atoms with E-state index in [9.17, 15) is 9.90 Å². The van der Waals surface area contributed by atoms with Gasteiger partial charge in [0.2, 0.25) is 0 Å². The second-order valence-corrected chi connectivity index (χ2v) is 4.49. The van der Waals surface area contributed by atoms with Crippen LogP contribution in [0.2, 0.25) is 0 Å². The molecule has 0 atom stereocenters. The molecule has 1 heterocycles. The molecule has 0 saturated carbocycles. The zero-order valence-electron chi connectivity index (χ0n) is 10.9. The summed E-state index contributed by atoms with van der Waals surface area (Å²) in [5, 5.41) is 18.2.